The van der Waals surface area contributed by atoms with E-state index >= 15 is 0 Å². The molecule has 0 heterocycles. The van der Waals surface area contributed by atoms with Crippen molar-refractivity contribution in [2.75, 3.05) is 0 Å². The van der Waals surface area contributed by atoms with Crippen LogP contribution in [0.3, 0.4) is 0 Å². The van der Waals surface area contributed by atoms with Gasteiger partial charge in [0.25, 0.3) is 0 Å². The first-order chi connectivity index (χ1) is 8.94. The molecule has 0 fully saturated rings. The molecule has 0 radical (unpaired) electrons. The minimum atomic E-state index is 0. The first-order valence-electron chi connectivity index (χ1n) is 7.32. The van der Waals surface area contributed by atoms with Crippen LogP contribution in [0, 0.1) is 5.41 Å². The standard InChI is InChI=1S/C10H15.C8H11.2ClH.Ru/c1-7-6-10(4,5)9(3)8(7)2;1-2-4-6-8-7-5-3-1;;;/h1-5H3;1-3H,4,6-8H2;2*1H;/q;;;;+2/p-2/b;2-1-,5-3?;;;. The molecule has 120 valence electrons. The smallest absolute Gasteiger partial charge is 1.00 e. The molecule has 0 amide bonds. The second kappa shape index (κ2) is 8.71. The molecule has 2 aliphatic carbocycles. The van der Waals surface area contributed by atoms with Crippen LogP contribution in [0.15, 0.2) is 43.3 Å². The fourth-order valence-corrected chi connectivity index (χ4v) is 5.72. The molecule has 0 aromatic heterocycles. The van der Waals surface area contributed by atoms with Crippen molar-refractivity contribution in [1.29, 1.82) is 0 Å². The van der Waals surface area contributed by atoms with Gasteiger partial charge in [0.05, 0.1) is 0 Å². The van der Waals surface area contributed by atoms with E-state index < -0.39 is 0 Å². The fraction of sp³-hybridized carbons (Fsp3) is 0.556. The first-order valence-corrected chi connectivity index (χ1v) is 9.06. The zero-order valence-electron chi connectivity index (χ0n) is 13.7. The Hall–Kier alpha value is 0.163. The average Bonchev–Trinajstić information content (AvgIpc) is 2.46. The SMILES string of the molecule is CC1=C(C)C(C)(C)[C]([Ru+2]/[C]2=C/C=C\CCCC2)=C1C.[Cl-].[Cl-]. The van der Waals surface area contributed by atoms with Gasteiger partial charge in [-0.3, -0.25) is 0 Å². The Bertz CT molecular complexity index is 493. The topological polar surface area (TPSA) is 0 Å². The first kappa shape index (κ1) is 21.2. The summed E-state index contributed by atoms with van der Waals surface area (Å²) >= 11 is 0.239. The number of allylic oxidation sites excluding steroid dienone is 8. The van der Waals surface area contributed by atoms with Crippen LogP contribution in [0.4, 0.5) is 0 Å². The van der Waals surface area contributed by atoms with Gasteiger partial charge in [-0.15, -0.1) is 0 Å². The third-order valence-electron chi connectivity index (χ3n) is 4.56. The molecule has 0 N–H and O–H groups in total. The van der Waals surface area contributed by atoms with E-state index in [4.69, 9.17) is 0 Å². The number of halogens is 2. The zero-order valence-corrected chi connectivity index (χ0v) is 16.9. The molecule has 2 rings (SSSR count). The van der Waals surface area contributed by atoms with Gasteiger partial charge in [0.1, 0.15) is 0 Å². The van der Waals surface area contributed by atoms with Crippen LogP contribution >= 0.6 is 0 Å². The summed E-state index contributed by atoms with van der Waals surface area (Å²) in [5.74, 6) is 0. The van der Waals surface area contributed by atoms with Crippen molar-refractivity contribution in [3.05, 3.63) is 43.3 Å². The monoisotopic (exact) mass is 414 g/mol. The fourth-order valence-electron chi connectivity index (χ4n) is 2.80. The minimum absolute atomic E-state index is 0. The third-order valence-corrected chi connectivity index (χ3v) is 8.01. The van der Waals surface area contributed by atoms with E-state index in [9.17, 15) is 0 Å². The summed E-state index contributed by atoms with van der Waals surface area (Å²) in [6, 6.07) is 0. The number of rotatable bonds is 2. The molecule has 3 heteroatoms. The largest absolute Gasteiger partial charge is 1.00 e. The van der Waals surface area contributed by atoms with Crippen LogP contribution in [0.25, 0.3) is 0 Å². The molecule has 0 aromatic carbocycles. The van der Waals surface area contributed by atoms with E-state index in [1.165, 1.54) is 31.3 Å². The maximum Gasteiger partial charge on any atom is -1.00 e. The summed E-state index contributed by atoms with van der Waals surface area (Å²) in [7, 11) is 0. The molecule has 0 nitrogen and oxygen atoms in total. The quantitative estimate of drug-likeness (QED) is 0.547. The van der Waals surface area contributed by atoms with Gasteiger partial charge in [-0.05, 0) is 0 Å². The van der Waals surface area contributed by atoms with E-state index in [1.807, 2.05) is 0 Å². The summed E-state index contributed by atoms with van der Waals surface area (Å²) in [6.07, 6.45) is 12.3. The summed E-state index contributed by atoms with van der Waals surface area (Å²) in [5.41, 5.74) is 4.99. The Morgan fingerprint density at radius 1 is 1.00 bits per heavy atom. The van der Waals surface area contributed by atoms with Crippen molar-refractivity contribution >= 4 is 0 Å². The zero-order chi connectivity index (χ0) is 14.0. The van der Waals surface area contributed by atoms with Gasteiger partial charge in [-0.2, -0.15) is 0 Å². The van der Waals surface area contributed by atoms with Crippen molar-refractivity contribution in [1.82, 2.24) is 0 Å². The van der Waals surface area contributed by atoms with Gasteiger partial charge >= 0.3 is 126 Å². The van der Waals surface area contributed by atoms with Crippen LogP contribution in [0.1, 0.15) is 60.3 Å². The Labute approximate surface area is 150 Å². The second-order valence-electron chi connectivity index (χ2n) is 6.16. The molecular formula is C18H26Cl2Ru. The summed E-state index contributed by atoms with van der Waals surface area (Å²) in [5, 5.41) is 0. The predicted octanol–water partition coefficient (Wildman–Crippen LogP) is -0.259. The molecule has 0 unspecified atom stereocenters. The number of hydrogen-bond donors (Lipinski definition) is 0. The Morgan fingerprint density at radius 3 is 2.24 bits per heavy atom. The van der Waals surface area contributed by atoms with Crippen molar-refractivity contribution < 1.29 is 41.9 Å². The van der Waals surface area contributed by atoms with Gasteiger partial charge < -0.3 is 24.8 Å². The van der Waals surface area contributed by atoms with Crippen LogP contribution in [0.5, 0.6) is 0 Å². The molecule has 0 atom stereocenters. The minimum Gasteiger partial charge on any atom is -1.00 e. The summed E-state index contributed by atoms with van der Waals surface area (Å²) in [4.78, 5) is 0. The molecular weight excluding hydrogens is 388 g/mol. The van der Waals surface area contributed by atoms with Crippen molar-refractivity contribution in [2.24, 2.45) is 5.41 Å². The molecule has 0 spiro atoms. The molecule has 21 heavy (non-hydrogen) atoms. The van der Waals surface area contributed by atoms with E-state index in [0.29, 0.717) is 5.41 Å². The van der Waals surface area contributed by atoms with Crippen molar-refractivity contribution in [3.63, 3.8) is 0 Å². The molecule has 0 aliphatic heterocycles. The van der Waals surface area contributed by atoms with E-state index in [2.05, 4.69) is 52.8 Å². The van der Waals surface area contributed by atoms with E-state index in [0.717, 1.165) is 0 Å². The molecule has 0 saturated carbocycles. The van der Waals surface area contributed by atoms with Gasteiger partial charge in [0.15, 0.2) is 0 Å². The van der Waals surface area contributed by atoms with E-state index in [-0.39, 0.29) is 41.9 Å². The van der Waals surface area contributed by atoms with Gasteiger partial charge in [-0.1, -0.05) is 0 Å². The van der Waals surface area contributed by atoms with Crippen LogP contribution in [-0.2, 0) is 17.1 Å². The molecule has 2 aliphatic rings. The normalized spacial score (nSPS) is 25.3. The Morgan fingerprint density at radius 2 is 1.67 bits per heavy atom. The Balaban J connectivity index is 0.00000200. The van der Waals surface area contributed by atoms with Crippen LogP contribution in [0.2, 0.25) is 0 Å². The Kier molecular flexibility index (Phi) is 8.77. The van der Waals surface area contributed by atoms with Crippen molar-refractivity contribution in [3.8, 4) is 0 Å². The van der Waals surface area contributed by atoms with Gasteiger partial charge in [0.2, 0.25) is 0 Å². The van der Waals surface area contributed by atoms with Crippen LogP contribution in [-0.4, -0.2) is 0 Å². The van der Waals surface area contributed by atoms with Gasteiger partial charge in [-0.25, -0.2) is 0 Å². The van der Waals surface area contributed by atoms with Gasteiger partial charge in [0, 0.05) is 0 Å². The predicted molar refractivity (Wildman–Crippen MR) is 80.5 cm³/mol. The van der Waals surface area contributed by atoms with Crippen molar-refractivity contribution in [2.45, 2.75) is 60.3 Å². The van der Waals surface area contributed by atoms with E-state index in [1.54, 1.807) is 19.5 Å². The molecule has 0 saturated heterocycles. The average molecular weight is 414 g/mol. The molecule has 0 aromatic rings. The molecule has 0 bridgehead atoms. The maximum absolute atomic E-state index is 2.41. The van der Waals surface area contributed by atoms with Crippen LogP contribution < -0.4 is 24.8 Å². The second-order valence-corrected chi connectivity index (χ2v) is 8.58. The summed E-state index contributed by atoms with van der Waals surface area (Å²) < 4.78 is 3.43. The third kappa shape index (κ3) is 4.57. The number of hydrogen-bond acceptors (Lipinski definition) is 0. The summed E-state index contributed by atoms with van der Waals surface area (Å²) in [6.45, 7) is 11.8. The maximum atomic E-state index is 2.41.